The summed E-state index contributed by atoms with van der Waals surface area (Å²) in [5.41, 5.74) is 0.438. The van der Waals surface area contributed by atoms with Crippen molar-refractivity contribution in [3.05, 3.63) is 75.3 Å². The lowest BCUT2D eigenvalue weighted by Gasteiger charge is -2.22. The number of hydrogen-bond donors (Lipinski definition) is 0. The molecule has 0 saturated heterocycles. The van der Waals surface area contributed by atoms with Crippen LogP contribution in [0.5, 0.6) is 5.75 Å². The van der Waals surface area contributed by atoms with Gasteiger partial charge in [0.1, 0.15) is 11.5 Å². The maximum atomic E-state index is 13.1. The number of thiophene rings is 1. The number of carbonyl (C=O) groups excluding carboxylic acids is 1. The Hall–Kier alpha value is -2.24. The minimum Gasteiger partial charge on any atom is -0.496 e. The molecule has 24 heavy (non-hydrogen) atoms. The second-order valence-electron chi connectivity index (χ2n) is 5.16. The highest BCUT2D eigenvalue weighted by Gasteiger charge is 2.22. The van der Waals surface area contributed by atoms with E-state index in [2.05, 4.69) is 0 Å². The number of carbonyl (C=O) groups is 1. The molecule has 1 amide bonds. The SMILES string of the molecule is COc1ccc(Cl)cc1C(=O)N(Cc1ccco1)Cc1cccs1. The van der Waals surface area contributed by atoms with Crippen LogP contribution in [0.25, 0.3) is 0 Å². The zero-order valence-electron chi connectivity index (χ0n) is 13.1. The maximum absolute atomic E-state index is 13.1. The Kier molecular flexibility index (Phi) is 5.23. The standard InChI is InChI=1S/C18H16ClNO3S/c1-22-17-7-6-13(19)10-16(17)18(21)20(11-14-4-2-8-23-14)12-15-5-3-9-24-15/h2-10H,11-12H2,1H3. The van der Waals surface area contributed by atoms with Gasteiger partial charge < -0.3 is 14.1 Å². The fourth-order valence-corrected chi connectivity index (χ4v) is 3.29. The predicted molar refractivity (Wildman–Crippen MR) is 94.6 cm³/mol. The Bertz CT molecular complexity index is 764. The second-order valence-corrected chi connectivity index (χ2v) is 6.63. The molecule has 2 aromatic heterocycles. The van der Waals surface area contributed by atoms with Crippen molar-refractivity contribution in [2.45, 2.75) is 13.1 Å². The van der Waals surface area contributed by atoms with Crippen LogP contribution in [0.3, 0.4) is 0 Å². The van der Waals surface area contributed by atoms with E-state index in [4.69, 9.17) is 20.8 Å². The van der Waals surface area contributed by atoms with Gasteiger partial charge in [0.25, 0.3) is 5.91 Å². The number of halogens is 1. The van der Waals surface area contributed by atoms with Crippen molar-refractivity contribution < 1.29 is 13.9 Å². The maximum Gasteiger partial charge on any atom is 0.258 e. The van der Waals surface area contributed by atoms with E-state index in [0.29, 0.717) is 29.4 Å². The summed E-state index contributed by atoms with van der Waals surface area (Å²) >= 11 is 7.67. The van der Waals surface area contributed by atoms with Crippen LogP contribution in [0.2, 0.25) is 5.02 Å². The third kappa shape index (κ3) is 3.80. The Morgan fingerprint density at radius 3 is 2.79 bits per heavy atom. The highest BCUT2D eigenvalue weighted by molar-refractivity contribution is 7.09. The number of ether oxygens (including phenoxy) is 1. The van der Waals surface area contributed by atoms with E-state index in [1.54, 1.807) is 40.7 Å². The quantitative estimate of drug-likeness (QED) is 0.630. The molecule has 6 heteroatoms. The summed E-state index contributed by atoms with van der Waals surface area (Å²) in [6, 6.07) is 12.7. The number of benzene rings is 1. The summed E-state index contributed by atoms with van der Waals surface area (Å²) in [5, 5.41) is 2.48. The molecule has 124 valence electrons. The minimum atomic E-state index is -0.154. The third-order valence-electron chi connectivity index (χ3n) is 3.53. The monoisotopic (exact) mass is 361 g/mol. The molecule has 3 rings (SSSR count). The van der Waals surface area contributed by atoms with Gasteiger partial charge in [0.15, 0.2) is 0 Å². The molecule has 2 heterocycles. The minimum absolute atomic E-state index is 0.154. The van der Waals surface area contributed by atoms with Gasteiger partial charge in [-0.1, -0.05) is 17.7 Å². The molecule has 4 nitrogen and oxygen atoms in total. The molecule has 0 bridgehead atoms. The molecule has 0 fully saturated rings. The van der Waals surface area contributed by atoms with Crippen LogP contribution in [0.4, 0.5) is 0 Å². The summed E-state index contributed by atoms with van der Waals surface area (Å²) in [6.45, 7) is 0.867. The molecule has 0 radical (unpaired) electrons. The van der Waals surface area contributed by atoms with Crippen LogP contribution in [0, 0.1) is 0 Å². The molecule has 0 aliphatic heterocycles. The van der Waals surface area contributed by atoms with Gasteiger partial charge in [-0.2, -0.15) is 0 Å². The van der Waals surface area contributed by atoms with Crippen LogP contribution < -0.4 is 4.74 Å². The zero-order chi connectivity index (χ0) is 16.9. The van der Waals surface area contributed by atoms with Gasteiger partial charge in [0.05, 0.1) is 32.0 Å². The van der Waals surface area contributed by atoms with E-state index < -0.39 is 0 Å². The lowest BCUT2D eigenvalue weighted by atomic mass is 10.1. The summed E-state index contributed by atoms with van der Waals surface area (Å²) in [4.78, 5) is 15.9. The van der Waals surface area contributed by atoms with E-state index >= 15 is 0 Å². The number of nitrogens with zero attached hydrogens (tertiary/aromatic N) is 1. The number of hydrogen-bond acceptors (Lipinski definition) is 4. The summed E-state index contributed by atoms with van der Waals surface area (Å²) in [6.07, 6.45) is 1.60. The lowest BCUT2D eigenvalue weighted by molar-refractivity contribution is 0.0716. The molecule has 1 aromatic carbocycles. The zero-order valence-corrected chi connectivity index (χ0v) is 14.6. The van der Waals surface area contributed by atoms with Gasteiger partial charge in [-0.25, -0.2) is 0 Å². The van der Waals surface area contributed by atoms with Gasteiger partial charge >= 0.3 is 0 Å². The van der Waals surface area contributed by atoms with Gasteiger partial charge in [-0.3, -0.25) is 4.79 Å². The molecular formula is C18H16ClNO3S. The first-order valence-corrected chi connectivity index (χ1v) is 8.60. The number of amides is 1. The van der Waals surface area contributed by atoms with E-state index in [1.807, 2.05) is 29.6 Å². The summed E-state index contributed by atoms with van der Waals surface area (Å²) < 4.78 is 10.7. The molecule has 0 spiro atoms. The average Bonchev–Trinajstić information content (AvgIpc) is 3.27. The number of methoxy groups -OCH3 is 1. The molecule has 0 aliphatic carbocycles. The first-order valence-electron chi connectivity index (χ1n) is 7.35. The van der Waals surface area contributed by atoms with Gasteiger partial charge in [0, 0.05) is 9.90 Å². The van der Waals surface area contributed by atoms with Gasteiger partial charge in [0.2, 0.25) is 0 Å². The smallest absolute Gasteiger partial charge is 0.258 e. The van der Waals surface area contributed by atoms with Crippen molar-refractivity contribution in [2.24, 2.45) is 0 Å². The lowest BCUT2D eigenvalue weighted by Crippen LogP contribution is -2.30. The van der Waals surface area contributed by atoms with E-state index in [9.17, 15) is 4.79 Å². The predicted octanol–water partition coefficient (Wildman–Crippen LogP) is 4.85. The molecule has 0 saturated carbocycles. The largest absolute Gasteiger partial charge is 0.496 e. The van der Waals surface area contributed by atoms with Gasteiger partial charge in [-0.05, 0) is 41.8 Å². The van der Waals surface area contributed by atoms with Crippen molar-refractivity contribution in [3.8, 4) is 5.75 Å². The topological polar surface area (TPSA) is 42.7 Å². The number of rotatable bonds is 6. The third-order valence-corrected chi connectivity index (χ3v) is 4.63. The second kappa shape index (κ2) is 7.55. The average molecular weight is 362 g/mol. The summed E-state index contributed by atoms with van der Waals surface area (Å²) in [5.74, 6) is 1.07. The van der Waals surface area contributed by atoms with Gasteiger partial charge in [-0.15, -0.1) is 11.3 Å². The fraction of sp³-hybridized carbons (Fsp3) is 0.167. The molecular weight excluding hydrogens is 346 g/mol. The van der Waals surface area contributed by atoms with Crippen molar-refractivity contribution in [1.82, 2.24) is 4.90 Å². The van der Waals surface area contributed by atoms with Crippen LogP contribution in [-0.2, 0) is 13.1 Å². The molecule has 0 N–H and O–H groups in total. The van der Waals surface area contributed by atoms with E-state index in [1.165, 1.54) is 7.11 Å². The number of furan rings is 1. The Balaban J connectivity index is 1.91. The highest BCUT2D eigenvalue weighted by Crippen LogP contribution is 2.26. The Morgan fingerprint density at radius 1 is 1.25 bits per heavy atom. The highest BCUT2D eigenvalue weighted by atomic mass is 35.5. The van der Waals surface area contributed by atoms with E-state index in [-0.39, 0.29) is 5.91 Å². The molecule has 3 aromatic rings. The Morgan fingerprint density at radius 2 is 2.12 bits per heavy atom. The molecule has 0 unspecified atom stereocenters. The molecule has 0 atom stereocenters. The fourth-order valence-electron chi connectivity index (χ4n) is 2.40. The van der Waals surface area contributed by atoms with Crippen molar-refractivity contribution in [1.29, 1.82) is 0 Å². The van der Waals surface area contributed by atoms with Crippen LogP contribution in [-0.4, -0.2) is 17.9 Å². The van der Waals surface area contributed by atoms with Crippen LogP contribution >= 0.6 is 22.9 Å². The normalized spacial score (nSPS) is 10.6. The van der Waals surface area contributed by atoms with Crippen LogP contribution in [0.15, 0.2) is 58.5 Å². The van der Waals surface area contributed by atoms with Crippen molar-refractivity contribution >= 4 is 28.8 Å². The first-order chi connectivity index (χ1) is 11.7. The van der Waals surface area contributed by atoms with Crippen molar-refractivity contribution in [3.63, 3.8) is 0 Å². The Labute approximate surface area is 149 Å². The van der Waals surface area contributed by atoms with E-state index in [0.717, 1.165) is 10.6 Å². The van der Waals surface area contributed by atoms with Crippen LogP contribution in [0.1, 0.15) is 21.0 Å². The van der Waals surface area contributed by atoms with Crippen molar-refractivity contribution in [2.75, 3.05) is 7.11 Å². The summed E-state index contributed by atoms with van der Waals surface area (Å²) in [7, 11) is 1.54. The first kappa shape index (κ1) is 16.6. The molecule has 0 aliphatic rings.